The summed E-state index contributed by atoms with van der Waals surface area (Å²) in [6.07, 6.45) is 8.19. The van der Waals surface area contributed by atoms with Crippen LogP contribution in [-0.4, -0.2) is 54.1 Å². The quantitative estimate of drug-likeness (QED) is 0.759. The minimum absolute atomic E-state index is 0.356. The maximum Gasteiger partial charge on any atom is 0.0361 e. The zero-order valence-electron chi connectivity index (χ0n) is 10.5. The highest BCUT2D eigenvalue weighted by Crippen LogP contribution is 2.43. The van der Waals surface area contributed by atoms with Crippen molar-refractivity contribution in [2.45, 2.75) is 56.1 Å². The third-order valence-electron chi connectivity index (χ3n) is 5.37. The van der Waals surface area contributed by atoms with Gasteiger partial charge in [0.25, 0.3) is 0 Å². The predicted octanol–water partition coefficient (Wildman–Crippen LogP) is 1.04. The van der Waals surface area contributed by atoms with Crippen molar-refractivity contribution in [2.75, 3.05) is 26.7 Å². The molecule has 92 valence electrons. The van der Waals surface area contributed by atoms with E-state index in [9.17, 15) is 0 Å². The first kappa shape index (κ1) is 11.0. The Morgan fingerprint density at radius 1 is 1.12 bits per heavy atom. The third-order valence-corrected chi connectivity index (χ3v) is 5.37. The summed E-state index contributed by atoms with van der Waals surface area (Å²) in [6, 6.07) is 1.62. The molecule has 16 heavy (non-hydrogen) atoms. The molecule has 3 saturated heterocycles. The van der Waals surface area contributed by atoms with Crippen LogP contribution in [0.25, 0.3) is 0 Å². The van der Waals surface area contributed by atoms with Crippen LogP contribution in [0.4, 0.5) is 0 Å². The second-order valence-corrected chi connectivity index (χ2v) is 6.08. The van der Waals surface area contributed by atoms with Crippen LogP contribution in [0.5, 0.6) is 0 Å². The van der Waals surface area contributed by atoms with Gasteiger partial charge in [0, 0.05) is 24.2 Å². The maximum absolute atomic E-state index is 6.16. The molecule has 0 radical (unpaired) electrons. The molecule has 3 nitrogen and oxygen atoms in total. The van der Waals surface area contributed by atoms with Gasteiger partial charge in [0.1, 0.15) is 0 Å². The molecule has 0 amide bonds. The third kappa shape index (κ3) is 1.52. The molecule has 3 heteroatoms. The fraction of sp³-hybridized carbons (Fsp3) is 1.00. The van der Waals surface area contributed by atoms with E-state index in [1.165, 1.54) is 51.6 Å². The Morgan fingerprint density at radius 2 is 1.69 bits per heavy atom. The lowest BCUT2D eigenvalue weighted by Gasteiger charge is -2.50. The molecule has 0 spiro atoms. The molecule has 0 aliphatic carbocycles. The van der Waals surface area contributed by atoms with Crippen LogP contribution in [0.15, 0.2) is 0 Å². The molecule has 2 unspecified atom stereocenters. The molecular formula is C13H25N3. The minimum atomic E-state index is 0.356. The monoisotopic (exact) mass is 223 g/mol. The Hall–Kier alpha value is -0.120. The highest BCUT2D eigenvalue weighted by atomic mass is 15.3. The molecule has 3 aliphatic heterocycles. The largest absolute Gasteiger partial charge is 0.329 e. The zero-order chi connectivity index (χ0) is 11.2. The molecule has 0 saturated carbocycles. The summed E-state index contributed by atoms with van der Waals surface area (Å²) in [4.78, 5) is 5.33. The molecule has 3 rings (SSSR count). The Balaban J connectivity index is 1.81. The number of likely N-dealkylation sites (tertiary alicyclic amines) is 1. The van der Waals surface area contributed by atoms with Crippen LogP contribution in [0, 0.1) is 0 Å². The number of fused-ring (bicyclic) bond motifs is 2. The maximum atomic E-state index is 6.16. The number of hydrogen-bond acceptors (Lipinski definition) is 3. The highest BCUT2D eigenvalue weighted by Gasteiger charge is 2.49. The molecule has 0 aromatic rings. The Morgan fingerprint density at radius 3 is 2.19 bits per heavy atom. The van der Waals surface area contributed by atoms with E-state index in [-0.39, 0.29) is 0 Å². The first-order valence-electron chi connectivity index (χ1n) is 6.92. The van der Waals surface area contributed by atoms with Gasteiger partial charge in [-0.25, -0.2) is 0 Å². The summed E-state index contributed by atoms with van der Waals surface area (Å²) >= 11 is 0. The lowest BCUT2D eigenvalue weighted by molar-refractivity contribution is 0.0148. The molecule has 2 bridgehead atoms. The Kier molecular flexibility index (Phi) is 2.73. The van der Waals surface area contributed by atoms with Crippen LogP contribution in [0.1, 0.15) is 38.5 Å². The Bertz CT molecular complexity index is 246. The fourth-order valence-electron chi connectivity index (χ4n) is 4.29. The van der Waals surface area contributed by atoms with Crippen LogP contribution in [0.2, 0.25) is 0 Å². The van der Waals surface area contributed by atoms with Gasteiger partial charge in [0.05, 0.1) is 0 Å². The van der Waals surface area contributed by atoms with Crippen molar-refractivity contribution in [3.05, 3.63) is 0 Å². The van der Waals surface area contributed by atoms with E-state index in [1.54, 1.807) is 0 Å². The summed E-state index contributed by atoms with van der Waals surface area (Å²) < 4.78 is 0. The zero-order valence-corrected chi connectivity index (χ0v) is 10.5. The average Bonchev–Trinajstić information content (AvgIpc) is 2.88. The van der Waals surface area contributed by atoms with Gasteiger partial charge in [-0.05, 0) is 58.7 Å². The van der Waals surface area contributed by atoms with Gasteiger partial charge in [-0.1, -0.05) is 0 Å². The highest BCUT2D eigenvalue weighted by molar-refractivity contribution is 5.07. The van der Waals surface area contributed by atoms with E-state index in [2.05, 4.69) is 16.8 Å². The molecule has 3 fully saturated rings. The lowest BCUT2D eigenvalue weighted by atomic mass is 9.81. The summed E-state index contributed by atoms with van der Waals surface area (Å²) in [5.74, 6) is 0. The minimum Gasteiger partial charge on any atom is -0.329 e. The topological polar surface area (TPSA) is 32.5 Å². The van der Waals surface area contributed by atoms with Gasteiger partial charge in [-0.3, -0.25) is 4.90 Å². The van der Waals surface area contributed by atoms with Crippen molar-refractivity contribution in [1.82, 2.24) is 9.80 Å². The summed E-state index contributed by atoms with van der Waals surface area (Å²) in [5, 5.41) is 0. The summed E-state index contributed by atoms with van der Waals surface area (Å²) in [6.45, 7) is 3.45. The van der Waals surface area contributed by atoms with Crippen molar-refractivity contribution in [2.24, 2.45) is 5.73 Å². The van der Waals surface area contributed by atoms with E-state index in [4.69, 9.17) is 5.73 Å². The molecule has 3 aliphatic rings. The standard InChI is InChI=1S/C13H25N3/c1-15-11-4-5-12(15)9-13(8-11,10-14)16-6-2-3-7-16/h11-12H,2-10,14H2,1H3. The van der Waals surface area contributed by atoms with Crippen LogP contribution in [-0.2, 0) is 0 Å². The van der Waals surface area contributed by atoms with Gasteiger partial charge in [0.2, 0.25) is 0 Å². The van der Waals surface area contributed by atoms with Crippen molar-refractivity contribution in [1.29, 1.82) is 0 Å². The van der Waals surface area contributed by atoms with E-state index in [1.807, 2.05) is 0 Å². The molecule has 2 N–H and O–H groups in total. The molecule has 0 aromatic heterocycles. The number of hydrogen-bond donors (Lipinski definition) is 1. The van der Waals surface area contributed by atoms with Crippen LogP contribution >= 0.6 is 0 Å². The predicted molar refractivity (Wildman–Crippen MR) is 66.4 cm³/mol. The van der Waals surface area contributed by atoms with Crippen molar-refractivity contribution >= 4 is 0 Å². The van der Waals surface area contributed by atoms with E-state index < -0.39 is 0 Å². The average molecular weight is 223 g/mol. The number of nitrogens with two attached hydrogens (primary N) is 1. The van der Waals surface area contributed by atoms with Gasteiger partial charge in [-0.2, -0.15) is 0 Å². The normalized spacial score (nSPS) is 45.4. The van der Waals surface area contributed by atoms with Gasteiger partial charge in [-0.15, -0.1) is 0 Å². The fourth-order valence-corrected chi connectivity index (χ4v) is 4.29. The SMILES string of the molecule is CN1C2CCC1CC(CN)(N1CCCC1)C2. The van der Waals surface area contributed by atoms with E-state index in [0.717, 1.165) is 18.6 Å². The number of nitrogens with zero attached hydrogens (tertiary/aromatic N) is 2. The number of piperidine rings is 1. The Labute approximate surface area is 99.0 Å². The molecule has 0 aromatic carbocycles. The van der Waals surface area contributed by atoms with Crippen LogP contribution < -0.4 is 5.73 Å². The van der Waals surface area contributed by atoms with Crippen molar-refractivity contribution in [3.8, 4) is 0 Å². The molecular weight excluding hydrogens is 198 g/mol. The van der Waals surface area contributed by atoms with Gasteiger partial charge < -0.3 is 10.6 Å². The van der Waals surface area contributed by atoms with Crippen molar-refractivity contribution < 1.29 is 0 Å². The first-order chi connectivity index (χ1) is 7.75. The smallest absolute Gasteiger partial charge is 0.0361 e. The summed E-state index contributed by atoms with van der Waals surface area (Å²) in [5.41, 5.74) is 6.51. The first-order valence-corrected chi connectivity index (χ1v) is 6.92. The van der Waals surface area contributed by atoms with Gasteiger partial charge in [0.15, 0.2) is 0 Å². The van der Waals surface area contributed by atoms with Crippen molar-refractivity contribution in [3.63, 3.8) is 0 Å². The summed E-state index contributed by atoms with van der Waals surface area (Å²) in [7, 11) is 2.31. The number of rotatable bonds is 2. The van der Waals surface area contributed by atoms with Crippen LogP contribution in [0.3, 0.4) is 0 Å². The second-order valence-electron chi connectivity index (χ2n) is 6.08. The second kappa shape index (κ2) is 3.97. The molecule has 2 atom stereocenters. The van der Waals surface area contributed by atoms with E-state index in [0.29, 0.717) is 5.54 Å². The van der Waals surface area contributed by atoms with Gasteiger partial charge >= 0.3 is 0 Å². The lowest BCUT2D eigenvalue weighted by Crippen LogP contribution is -2.61. The molecule has 3 heterocycles. The van der Waals surface area contributed by atoms with E-state index >= 15 is 0 Å².